The molecule has 2 aromatic carbocycles. The molecule has 0 aliphatic carbocycles. The lowest BCUT2D eigenvalue weighted by atomic mass is 10.1. The summed E-state index contributed by atoms with van der Waals surface area (Å²) in [5.41, 5.74) is 3.16. The Hall–Kier alpha value is -2.36. The molecule has 7 nitrogen and oxygen atoms in total. The molecule has 0 N–H and O–H groups in total. The molecule has 32 heavy (non-hydrogen) atoms. The van der Waals surface area contributed by atoms with Gasteiger partial charge in [-0.1, -0.05) is 41.6 Å². The minimum Gasteiger partial charge on any atom is -0.341 e. The zero-order valence-electron chi connectivity index (χ0n) is 18.7. The lowest BCUT2D eigenvalue weighted by Crippen LogP contribution is -2.31. The van der Waals surface area contributed by atoms with E-state index in [2.05, 4.69) is 50.9 Å². The molecule has 0 radical (unpaired) electrons. The molecule has 0 bridgehead atoms. The van der Waals surface area contributed by atoms with Crippen LogP contribution in [0.2, 0.25) is 0 Å². The first kappa shape index (κ1) is 22.8. The van der Waals surface area contributed by atoms with Crippen LogP contribution >= 0.6 is 11.8 Å². The van der Waals surface area contributed by atoms with Crippen LogP contribution in [-0.4, -0.2) is 54.7 Å². The molecule has 1 fully saturated rings. The summed E-state index contributed by atoms with van der Waals surface area (Å²) in [7, 11) is -0.375. The van der Waals surface area contributed by atoms with Gasteiger partial charge >= 0.3 is 0 Å². The molecule has 1 aromatic heterocycles. The van der Waals surface area contributed by atoms with Crippen LogP contribution in [0, 0.1) is 6.92 Å². The summed E-state index contributed by atoms with van der Waals surface area (Å²) in [5, 5.41) is 9.86. The highest BCUT2D eigenvalue weighted by Crippen LogP contribution is 2.30. The molecule has 0 amide bonds. The highest BCUT2D eigenvalue weighted by atomic mass is 32.2. The van der Waals surface area contributed by atoms with Crippen molar-refractivity contribution >= 4 is 27.7 Å². The number of sulfonamides is 1. The molecule has 1 aliphatic heterocycles. The van der Waals surface area contributed by atoms with Crippen molar-refractivity contribution in [2.75, 3.05) is 32.1 Å². The van der Waals surface area contributed by atoms with Crippen molar-refractivity contribution in [3.8, 4) is 5.69 Å². The van der Waals surface area contributed by atoms with Gasteiger partial charge in [0.05, 0.1) is 10.6 Å². The second kappa shape index (κ2) is 9.64. The fourth-order valence-electron chi connectivity index (χ4n) is 3.73. The first-order valence-electron chi connectivity index (χ1n) is 10.8. The molecular formula is C23H29N5O2S2. The third-order valence-electron chi connectivity index (χ3n) is 5.59. The number of benzene rings is 2. The average molecular weight is 472 g/mol. The molecule has 9 heteroatoms. The van der Waals surface area contributed by atoms with Crippen LogP contribution in [0.3, 0.4) is 0 Å². The minimum absolute atomic E-state index is 0.301. The third-order valence-corrected chi connectivity index (χ3v) is 8.40. The Morgan fingerprint density at radius 2 is 1.72 bits per heavy atom. The van der Waals surface area contributed by atoms with Crippen LogP contribution in [0.4, 0.5) is 5.95 Å². The van der Waals surface area contributed by atoms with E-state index in [4.69, 9.17) is 0 Å². The number of rotatable bonds is 7. The maximum absolute atomic E-state index is 12.5. The van der Waals surface area contributed by atoms with E-state index in [0.29, 0.717) is 10.6 Å². The van der Waals surface area contributed by atoms with Crippen LogP contribution < -0.4 is 4.90 Å². The lowest BCUT2D eigenvalue weighted by Gasteiger charge is -2.27. The SMILES string of the molecule is Cc1ccc(-n2c(SCc3cccc(S(=O)(=O)N(C)C)c3)nnc2N2CCCCC2)cc1. The van der Waals surface area contributed by atoms with Crippen LogP contribution in [-0.2, 0) is 15.8 Å². The Bertz CT molecular complexity index is 1170. The Morgan fingerprint density at radius 3 is 2.41 bits per heavy atom. The van der Waals surface area contributed by atoms with Crippen molar-refractivity contribution in [1.29, 1.82) is 0 Å². The summed E-state index contributed by atoms with van der Waals surface area (Å²) in [6, 6.07) is 15.5. The Kier molecular flexibility index (Phi) is 6.88. The van der Waals surface area contributed by atoms with Gasteiger partial charge in [-0.3, -0.25) is 4.57 Å². The number of nitrogens with zero attached hydrogens (tertiary/aromatic N) is 5. The number of hydrogen-bond donors (Lipinski definition) is 0. The fraction of sp³-hybridized carbons (Fsp3) is 0.391. The van der Waals surface area contributed by atoms with E-state index >= 15 is 0 Å². The predicted molar refractivity (Wildman–Crippen MR) is 129 cm³/mol. The summed E-state index contributed by atoms with van der Waals surface area (Å²) in [6.07, 6.45) is 3.58. The van der Waals surface area contributed by atoms with Crippen molar-refractivity contribution in [2.24, 2.45) is 0 Å². The van der Waals surface area contributed by atoms with Gasteiger partial charge in [-0.2, -0.15) is 0 Å². The fourth-order valence-corrected chi connectivity index (χ4v) is 5.59. The zero-order chi connectivity index (χ0) is 22.7. The second-order valence-electron chi connectivity index (χ2n) is 8.22. The van der Waals surface area contributed by atoms with Gasteiger partial charge in [0.15, 0.2) is 5.16 Å². The van der Waals surface area contributed by atoms with E-state index in [9.17, 15) is 8.42 Å². The van der Waals surface area contributed by atoms with Crippen molar-refractivity contribution in [3.05, 3.63) is 59.7 Å². The van der Waals surface area contributed by atoms with Crippen LogP contribution in [0.1, 0.15) is 30.4 Å². The predicted octanol–water partition coefficient (Wildman–Crippen LogP) is 4.11. The van der Waals surface area contributed by atoms with Gasteiger partial charge in [0.25, 0.3) is 0 Å². The largest absolute Gasteiger partial charge is 0.341 e. The summed E-state index contributed by atoms with van der Waals surface area (Å²) >= 11 is 1.57. The monoisotopic (exact) mass is 471 g/mol. The highest BCUT2D eigenvalue weighted by Gasteiger charge is 2.22. The maximum Gasteiger partial charge on any atom is 0.242 e. The van der Waals surface area contributed by atoms with E-state index in [-0.39, 0.29) is 0 Å². The van der Waals surface area contributed by atoms with E-state index in [1.165, 1.54) is 16.3 Å². The topological polar surface area (TPSA) is 71.3 Å². The quantitative estimate of drug-likeness (QED) is 0.483. The number of thioether (sulfide) groups is 1. The van der Waals surface area contributed by atoms with Crippen LogP contribution in [0.15, 0.2) is 58.6 Å². The van der Waals surface area contributed by atoms with E-state index < -0.39 is 10.0 Å². The van der Waals surface area contributed by atoms with Gasteiger partial charge in [0.2, 0.25) is 16.0 Å². The summed E-state index contributed by atoms with van der Waals surface area (Å²) in [6.45, 7) is 4.05. The number of aromatic nitrogens is 3. The molecule has 0 spiro atoms. The molecule has 170 valence electrons. The number of anilines is 1. The van der Waals surface area contributed by atoms with E-state index in [1.807, 2.05) is 6.07 Å². The molecule has 0 saturated carbocycles. The molecule has 1 aliphatic rings. The first-order valence-corrected chi connectivity index (χ1v) is 13.2. The molecule has 3 aromatic rings. The standard InChI is InChI=1S/C23H29N5O2S2/c1-18-10-12-20(13-11-18)28-22(27-14-5-4-6-15-27)24-25-23(28)31-17-19-8-7-9-21(16-19)32(29,30)26(2)3/h7-13,16H,4-6,14-15,17H2,1-3H3. The second-order valence-corrected chi connectivity index (χ2v) is 11.3. The molecular weight excluding hydrogens is 442 g/mol. The minimum atomic E-state index is -3.46. The zero-order valence-corrected chi connectivity index (χ0v) is 20.4. The van der Waals surface area contributed by atoms with Crippen molar-refractivity contribution < 1.29 is 8.42 Å². The average Bonchev–Trinajstić information content (AvgIpc) is 3.23. The van der Waals surface area contributed by atoms with E-state index in [1.54, 1.807) is 44.1 Å². The molecule has 2 heterocycles. The number of hydrogen-bond acceptors (Lipinski definition) is 6. The normalized spacial score (nSPS) is 14.8. The van der Waals surface area contributed by atoms with Crippen molar-refractivity contribution in [3.63, 3.8) is 0 Å². The third kappa shape index (κ3) is 4.84. The molecule has 0 atom stereocenters. The van der Waals surface area contributed by atoms with Gasteiger partial charge in [0.1, 0.15) is 0 Å². The molecule has 1 saturated heterocycles. The number of piperidine rings is 1. The summed E-state index contributed by atoms with van der Waals surface area (Å²) < 4.78 is 28.3. The smallest absolute Gasteiger partial charge is 0.242 e. The maximum atomic E-state index is 12.5. The van der Waals surface area contributed by atoms with Crippen LogP contribution in [0.5, 0.6) is 0 Å². The number of aryl methyl sites for hydroxylation is 1. The highest BCUT2D eigenvalue weighted by molar-refractivity contribution is 7.98. The van der Waals surface area contributed by atoms with Gasteiger partial charge < -0.3 is 4.90 Å². The summed E-state index contributed by atoms with van der Waals surface area (Å²) in [5.74, 6) is 1.47. The Balaban J connectivity index is 1.63. The van der Waals surface area contributed by atoms with E-state index in [0.717, 1.165) is 48.3 Å². The van der Waals surface area contributed by atoms with Gasteiger partial charge in [-0.15, -0.1) is 10.2 Å². The first-order chi connectivity index (χ1) is 15.4. The Labute approximate surface area is 194 Å². The lowest BCUT2D eigenvalue weighted by molar-refractivity contribution is 0.520. The van der Waals surface area contributed by atoms with Gasteiger partial charge in [0, 0.05) is 32.9 Å². The molecule has 4 rings (SSSR count). The summed E-state index contributed by atoms with van der Waals surface area (Å²) in [4.78, 5) is 2.61. The van der Waals surface area contributed by atoms with Gasteiger partial charge in [-0.05, 0) is 56.0 Å². The van der Waals surface area contributed by atoms with Crippen molar-refractivity contribution in [1.82, 2.24) is 19.1 Å². The Morgan fingerprint density at radius 1 is 1.00 bits per heavy atom. The van der Waals surface area contributed by atoms with Crippen molar-refractivity contribution in [2.45, 2.75) is 42.0 Å². The van der Waals surface area contributed by atoms with Gasteiger partial charge in [-0.25, -0.2) is 12.7 Å². The van der Waals surface area contributed by atoms with Crippen LogP contribution in [0.25, 0.3) is 5.69 Å². The molecule has 0 unspecified atom stereocenters.